The molecule has 5 nitrogen and oxygen atoms in total. The van der Waals surface area contributed by atoms with Crippen LogP contribution in [-0.2, 0) is 4.74 Å². The molecule has 2 rings (SSSR count). The van der Waals surface area contributed by atoms with Gasteiger partial charge in [0.2, 0.25) is 0 Å². The van der Waals surface area contributed by atoms with E-state index in [0.717, 1.165) is 5.56 Å². The second-order valence-corrected chi connectivity index (χ2v) is 4.61. The van der Waals surface area contributed by atoms with Crippen LogP contribution in [0.25, 0.3) is 0 Å². The Bertz CT molecular complexity index is 628. The summed E-state index contributed by atoms with van der Waals surface area (Å²) in [6, 6.07) is 14.6. The predicted molar refractivity (Wildman–Crippen MR) is 83.2 cm³/mol. The van der Waals surface area contributed by atoms with Crippen molar-refractivity contribution in [3.8, 4) is 11.5 Å². The van der Waals surface area contributed by atoms with Gasteiger partial charge in [0.25, 0.3) is 0 Å². The summed E-state index contributed by atoms with van der Waals surface area (Å²) in [5.41, 5.74) is 7.18. The summed E-state index contributed by atoms with van der Waals surface area (Å²) in [6.07, 6.45) is -0.293. The molecule has 0 spiro atoms. The van der Waals surface area contributed by atoms with Crippen LogP contribution in [0.2, 0.25) is 0 Å². The zero-order valence-electron chi connectivity index (χ0n) is 12.6. The minimum absolute atomic E-state index is 0.293. The summed E-state index contributed by atoms with van der Waals surface area (Å²) in [7, 11) is 2.85. The lowest BCUT2D eigenvalue weighted by atomic mass is 10.1. The zero-order chi connectivity index (χ0) is 15.9. The number of methoxy groups -OCH3 is 2. The quantitative estimate of drug-likeness (QED) is 0.830. The van der Waals surface area contributed by atoms with Gasteiger partial charge in [-0.05, 0) is 23.8 Å². The van der Waals surface area contributed by atoms with Gasteiger partial charge in [0.15, 0.2) is 11.5 Å². The molecule has 0 fully saturated rings. The maximum atomic E-state index is 11.6. The van der Waals surface area contributed by atoms with Crippen molar-refractivity contribution in [3.05, 3.63) is 59.7 Å². The molecule has 0 amide bonds. The first-order valence-corrected chi connectivity index (χ1v) is 6.87. The number of nitrogens with two attached hydrogens (primary N) is 1. The summed E-state index contributed by atoms with van der Waals surface area (Å²) in [4.78, 5) is 11.6. The Balaban J connectivity index is 2.26. The van der Waals surface area contributed by atoms with Crippen molar-refractivity contribution in [2.75, 3.05) is 20.8 Å². The first-order valence-electron chi connectivity index (χ1n) is 6.87. The van der Waals surface area contributed by atoms with Crippen molar-refractivity contribution in [3.63, 3.8) is 0 Å². The third-order valence-corrected chi connectivity index (χ3v) is 3.24. The van der Waals surface area contributed by atoms with Crippen molar-refractivity contribution in [1.29, 1.82) is 0 Å². The molecule has 0 heterocycles. The predicted octanol–water partition coefficient (Wildman–Crippen LogP) is 2.56. The first kappa shape index (κ1) is 15.9. The number of rotatable bonds is 6. The Morgan fingerprint density at radius 1 is 1.09 bits per heavy atom. The van der Waals surface area contributed by atoms with Crippen LogP contribution in [0.3, 0.4) is 0 Å². The van der Waals surface area contributed by atoms with Crippen LogP contribution in [-0.4, -0.2) is 26.7 Å². The molecule has 2 aromatic rings. The Labute approximate surface area is 129 Å². The van der Waals surface area contributed by atoms with Crippen LogP contribution in [0.1, 0.15) is 22.0 Å². The number of carbonyl (C=O) groups excluding carboxylic acids is 1. The molecule has 0 saturated heterocycles. The van der Waals surface area contributed by atoms with Crippen molar-refractivity contribution in [1.82, 2.24) is 0 Å². The van der Waals surface area contributed by atoms with Gasteiger partial charge in [-0.15, -0.1) is 0 Å². The van der Waals surface area contributed by atoms with Gasteiger partial charge in [-0.3, -0.25) is 0 Å². The summed E-state index contributed by atoms with van der Waals surface area (Å²) in [5, 5.41) is 0. The van der Waals surface area contributed by atoms with Gasteiger partial charge in [0, 0.05) is 6.54 Å². The van der Waals surface area contributed by atoms with E-state index in [-0.39, 0.29) is 6.10 Å². The molecule has 0 bridgehead atoms. The third kappa shape index (κ3) is 3.56. The van der Waals surface area contributed by atoms with Crippen LogP contribution in [0.15, 0.2) is 48.5 Å². The molecule has 0 saturated carbocycles. The molecule has 0 aliphatic rings. The number of ether oxygens (including phenoxy) is 3. The average Bonchev–Trinajstić information content (AvgIpc) is 2.59. The van der Waals surface area contributed by atoms with Gasteiger partial charge in [0.1, 0.15) is 6.10 Å². The highest BCUT2D eigenvalue weighted by molar-refractivity contribution is 5.90. The molecule has 2 N–H and O–H groups in total. The number of benzene rings is 2. The van der Waals surface area contributed by atoms with Crippen molar-refractivity contribution < 1.29 is 19.0 Å². The van der Waals surface area contributed by atoms with E-state index in [1.807, 2.05) is 30.3 Å². The standard InChI is InChI=1S/C17H19NO4/c1-20-15-10-13(17(19)21-2)8-9-14(15)22-16(11-18)12-6-4-3-5-7-12/h3-10,16H,11,18H2,1-2H3. The topological polar surface area (TPSA) is 70.8 Å². The number of hydrogen-bond acceptors (Lipinski definition) is 5. The van der Waals surface area contributed by atoms with Gasteiger partial charge < -0.3 is 19.9 Å². The fourth-order valence-corrected chi connectivity index (χ4v) is 2.08. The minimum atomic E-state index is -0.428. The van der Waals surface area contributed by atoms with Gasteiger partial charge in [0.05, 0.1) is 19.8 Å². The maximum absolute atomic E-state index is 11.6. The second kappa shape index (κ2) is 7.47. The molecule has 5 heteroatoms. The average molecular weight is 301 g/mol. The fraction of sp³-hybridized carbons (Fsp3) is 0.235. The third-order valence-electron chi connectivity index (χ3n) is 3.24. The molecular weight excluding hydrogens is 282 g/mol. The molecule has 1 atom stereocenters. The SMILES string of the molecule is COC(=O)c1ccc(OC(CN)c2ccccc2)c(OC)c1. The highest BCUT2D eigenvalue weighted by Gasteiger charge is 2.16. The molecule has 0 aliphatic carbocycles. The summed E-state index contributed by atoms with van der Waals surface area (Å²) in [5.74, 6) is 0.551. The Hall–Kier alpha value is -2.53. The minimum Gasteiger partial charge on any atom is -0.493 e. The van der Waals surface area contributed by atoms with E-state index < -0.39 is 5.97 Å². The summed E-state index contributed by atoms with van der Waals surface area (Å²) in [6.45, 7) is 0.325. The van der Waals surface area contributed by atoms with Gasteiger partial charge >= 0.3 is 5.97 Å². The Morgan fingerprint density at radius 2 is 1.82 bits per heavy atom. The van der Waals surface area contributed by atoms with Crippen LogP contribution in [0.5, 0.6) is 11.5 Å². The summed E-state index contributed by atoms with van der Waals surface area (Å²) >= 11 is 0. The molecule has 2 aromatic carbocycles. The second-order valence-electron chi connectivity index (χ2n) is 4.61. The summed E-state index contributed by atoms with van der Waals surface area (Å²) < 4.78 is 15.9. The molecule has 116 valence electrons. The van der Waals surface area contributed by atoms with Gasteiger partial charge in [-0.25, -0.2) is 4.79 Å². The lowest BCUT2D eigenvalue weighted by Crippen LogP contribution is -2.18. The van der Waals surface area contributed by atoms with Crippen molar-refractivity contribution in [2.45, 2.75) is 6.10 Å². The fourth-order valence-electron chi connectivity index (χ4n) is 2.08. The largest absolute Gasteiger partial charge is 0.493 e. The van der Waals surface area contributed by atoms with E-state index in [1.54, 1.807) is 18.2 Å². The maximum Gasteiger partial charge on any atom is 0.337 e. The molecule has 0 aliphatic heterocycles. The number of esters is 1. The van der Waals surface area contributed by atoms with Crippen LogP contribution < -0.4 is 15.2 Å². The van der Waals surface area contributed by atoms with E-state index in [4.69, 9.17) is 19.9 Å². The lowest BCUT2D eigenvalue weighted by molar-refractivity contribution is 0.0600. The highest BCUT2D eigenvalue weighted by atomic mass is 16.5. The van der Waals surface area contributed by atoms with Crippen molar-refractivity contribution in [2.24, 2.45) is 5.73 Å². The van der Waals surface area contributed by atoms with Gasteiger partial charge in [-0.1, -0.05) is 30.3 Å². The molecule has 0 aromatic heterocycles. The van der Waals surface area contributed by atoms with E-state index in [2.05, 4.69) is 0 Å². The first-order chi connectivity index (χ1) is 10.7. The highest BCUT2D eigenvalue weighted by Crippen LogP contribution is 2.32. The number of hydrogen-bond donors (Lipinski definition) is 1. The number of carbonyl (C=O) groups is 1. The van der Waals surface area contributed by atoms with Gasteiger partial charge in [-0.2, -0.15) is 0 Å². The van der Waals surface area contributed by atoms with E-state index in [1.165, 1.54) is 14.2 Å². The Morgan fingerprint density at radius 3 is 2.41 bits per heavy atom. The molecule has 0 radical (unpaired) electrons. The van der Waals surface area contributed by atoms with E-state index in [0.29, 0.717) is 23.6 Å². The lowest BCUT2D eigenvalue weighted by Gasteiger charge is -2.19. The zero-order valence-corrected chi connectivity index (χ0v) is 12.6. The van der Waals surface area contributed by atoms with E-state index in [9.17, 15) is 4.79 Å². The molecule has 1 unspecified atom stereocenters. The van der Waals surface area contributed by atoms with Crippen LogP contribution >= 0.6 is 0 Å². The monoisotopic (exact) mass is 301 g/mol. The van der Waals surface area contributed by atoms with Crippen molar-refractivity contribution >= 4 is 5.97 Å². The smallest absolute Gasteiger partial charge is 0.337 e. The Kier molecular flexibility index (Phi) is 5.38. The van der Waals surface area contributed by atoms with E-state index >= 15 is 0 Å². The molecule has 22 heavy (non-hydrogen) atoms. The molecular formula is C17H19NO4. The normalized spacial score (nSPS) is 11.6. The van der Waals surface area contributed by atoms with Crippen LogP contribution in [0.4, 0.5) is 0 Å². The van der Waals surface area contributed by atoms with Crippen LogP contribution in [0, 0.1) is 0 Å².